The van der Waals surface area contributed by atoms with Crippen molar-refractivity contribution in [3.63, 3.8) is 0 Å². The van der Waals surface area contributed by atoms with Crippen LogP contribution in [0.1, 0.15) is 32.6 Å². The molecule has 4 atom stereocenters. The first-order valence-corrected chi connectivity index (χ1v) is 6.28. The fourth-order valence-electron chi connectivity index (χ4n) is 2.13. The predicted molar refractivity (Wildman–Crippen MR) is 59.1 cm³/mol. The van der Waals surface area contributed by atoms with Gasteiger partial charge in [-0.25, -0.2) is 0 Å². The van der Waals surface area contributed by atoms with Crippen LogP contribution in [0.2, 0.25) is 0 Å². The molecule has 0 saturated carbocycles. The van der Waals surface area contributed by atoms with Gasteiger partial charge in [0.1, 0.15) is 0 Å². The monoisotopic (exact) mass is 230 g/mol. The number of aliphatic hydroxyl groups is 2. The third-order valence-electron chi connectivity index (χ3n) is 3.46. The zero-order valence-electron chi connectivity index (χ0n) is 9.84. The van der Waals surface area contributed by atoms with E-state index in [1.54, 1.807) is 0 Å². The minimum atomic E-state index is -0.427. The molecule has 0 aromatic heterocycles. The zero-order valence-corrected chi connectivity index (χ0v) is 9.84. The third-order valence-corrected chi connectivity index (χ3v) is 3.46. The van der Waals surface area contributed by atoms with Crippen molar-refractivity contribution in [1.29, 1.82) is 0 Å². The Hall–Kier alpha value is -0.160. The molecule has 0 aliphatic carbocycles. The van der Waals surface area contributed by atoms with E-state index in [9.17, 15) is 10.2 Å². The fourth-order valence-corrected chi connectivity index (χ4v) is 2.13. The van der Waals surface area contributed by atoms with Crippen LogP contribution in [0.25, 0.3) is 0 Å². The molecule has 0 spiro atoms. The molecule has 2 fully saturated rings. The summed E-state index contributed by atoms with van der Waals surface area (Å²) in [4.78, 5) is 0. The standard InChI is InChI=1S/C12H22O4/c1-2-9(13)5-12(14)8(3-10-6-15-10)4-11-7-16-11/h8-14H,2-7H2,1H3. The van der Waals surface area contributed by atoms with Gasteiger partial charge in [-0.3, -0.25) is 0 Å². The molecule has 94 valence electrons. The second-order valence-electron chi connectivity index (χ2n) is 5.01. The van der Waals surface area contributed by atoms with Crippen LogP contribution in [-0.4, -0.2) is 47.8 Å². The Kier molecular flexibility index (Phi) is 4.19. The Morgan fingerprint density at radius 2 is 1.62 bits per heavy atom. The summed E-state index contributed by atoms with van der Waals surface area (Å²) in [5, 5.41) is 19.6. The molecule has 0 radical (unpaired) electrons. The van der Waals surface area contributed by atoms with Crippen molar-refractivity contribution in [2.45, 2.75) is 57.0 Å². The van der Waals surface area contributed by atoms with E-state index in [4.69, 9.17) is 9.47 Å². The van der Waals surface area contributed by atoms with E-state index >= 15 is 0 Å². The fraction of sp³-hybridized carbons (Fsp3) is 1.00. The van der Waals surface area contributed by atoms with Crippen LogP contribution in [0.3, 0.4) is 0 Å². The molecule has 4 heteroatoms. The zero-order chi connectivity index (χ0) is 11.5. The highest BCUT2D eigenvalue weighted by Gasteiger charge is 2.35. The van der Waals surface area contributed by atoms with Gasteiger partial charge >= 0.3 is 0 Å². The lowest BCUT2D eigenvalue weighted by molar-refractivity contribution is 0.0314. The van der Waals surface area contributed by atoms with Gasteiger partial charge in [0, 0.05) is 0 Å². The summed E-state index contributed by atoms with van der Waals surface area (Å²) in [6.45, 7) is 3.58. The first-order chi connectivity index (χ1) is 7.69. The Labute approximate surface area is 96.6 Å². The van der Waals surface area contributed by atoms with Crippen molar-refractivity contribution < 1.29 is 19.7 Å². The van der Waals surface area contributed by atoms with Gasteiger partial charge in [-0.1, -0.05) is 6.92 Å². The van der Waals surface area contributed by atoms with E-state index in [2.05, 4.69) is 0 Å². The molecule has 2 heterocycles. The maximum atomic E-state index is 10.1. The third kappa shape index (κ3) is 4.01. The molecule has 0 aromatic carbocycles. The summed E-state index contributed by atoms with van der Waals surface area (Å²) < 4.78 is 10.4. The van der Waals surface area contributed by atoms with Crippen LogP contribution < -0.4 is 0 Å². The lowest BCUT2D eigenvalue weighted by atomic mass is 9.88. The van der Waals surface area contributed by atoms with Gasteiger partial charge in [0.15, 0.2) is 0 Å². The average molecular weight is 230 g/mol. The minimum absolute atomic E-state index is 0.209. The molecule has 0 bridgehead atoms. The van der Waals surface area contributed by atoms with Crippen LogP contribution in [0.15, 0.2) is 0 Å². The van der Waals surface area contributed by atoms with Crippen molar-refractivity contribution in [1.82, 2.24) is 0 Å². The molecule has 2 saturated heterocycles. The van der Waals surface area contributed by atoms with Crippen molar-refractivity contribution in [3.05, 3.63) is 0 Å². The summed E-state index contributed by atoms with van der Waals surface area (Å²) >= 11 is 0. The van der Waals surface area contributed by atoms with Crippen molar-refractivity contribution in [2.75, 3.05) is 13.2 Å². The van der Waals surface area contributed by atoms with Gasteiger partial charge in [0.2, 0.25) is 0 Å². The highest BCUT2D eigenvalue weighted by Crippen LogP contribution is 2.31. The second kappa shape index (κ2) is 5.45. The SMILES string of the molecule is CCC(O)CC(O)C(CC1CO1)CC1CO1. The van der Waals surface area contributed by atoms with Crippen molar-refractivity contribution in [3.8, 4) is 0 Å². The Bertz CT molecular complexity index is 199. The summed E-state index contributed by atoms with van der Waals surface area (Å²) in [5.74, 6) is 0.209. The number of hydrogen-bond donors (Lipinski definition) is 2. The normalized spacial score (nSPS) is 33.2. The highest BCUT2D eigenvalue weighted by molar-refractivity contribution is 4.84. The molecule has 0 aromatic rings. The lowest BCUT2D eigenvalue weighted by Crippen LogP contribution is -2.28. The second-order valence-corrected chi connectivity index (χ2v) is 5.01. The van der Waals surface area contributed by atoms with Gasteiger partial charge in [-0.05, 0) is 31.6 Å². The average Bonchev–Trinajstić information content (AvgIpc) is 3.10. The van der Waals surface area contributed by atoms with Crippen LogP contribution in [0.4, 0.5) is 0 Å². The summed E-state index contributed by atoms with van der Waals surface area (Å²) in [6, 6.07) is 0. The van der Waals surface area contributed by atoms with Gasteiger partial charge in [-0.15, -0.1) is 0 Å². The van der Waals surface area contributed by atoms with E-state index in [1.807, 2.05) is 6.92 Å². The van der Waals surface area contributed by atoms with Crippen molar-refractivity contribution in [2.24, 2.45) is 5.92 Å². The quantitative estimate of drug-likeness (QED) is 0.602. The highest BCUT2D eigenvalue weighted by atomic mass is 16.6. The first kappa shape index (κ1) is 12.3. The van der Waals surface area contributed by atoms with Gasteiger partial charge in [0.05, 0.1) is 37.6 Å². The molecule has 2 aliphatic heterocycles. The molecule has 2 aliphatic rings. The largest absolute Gasteiger partial charge is 0.393 e. The molecular formula is C12H22O4. The molecule has 4 unspecified atom stereocenters. The first-order valence-electron chi connectivity index (χ1n) is 6.28. The molecule has 4 nitrogen and oxygen atoms in total. The molecule has 0 amide bonds. The number of rotatable bonds is 8. The molecule has 2 N–H and O–H groups in total. The molecular weight excluding hydrogens is 208 g/mol. The number of ether oxygens (including phenoxy) is 2. The smallest absolute Gasteiger partial charge is 0.0813 e. The number of hydrogen-bond acceptors (Lipinski definition) is 4. The lowest BCUT2D eigenvalue weighted by Gasteiger charge is -2.23. The van der Waals surface area contributed by atoms with E-state index in [0.29, 0.717) is 25.0 Å². The Morgan fingerprint density at radius 1 is 1.12 bits per heavy atom. The Morgan fingerprint density at radius 3 is 2.00 bits per heavy atom. The summed E-state index contributed by atoms with van der Waals surface area (Å²) in [5.41, 5.74) is 0. The van der Waals surface area contributed by atoms with Crippen LogP contribution >= 0.6 is 0 Å². The van der Waals surface area contributed by atoms with E-state index in [0.717, 1.165) is 26.1 Å². The summed E-state index contributed by atoms with van der Waals surface area (Å²) in [7, 11) is 0. The molecule has 2 rings (SSSR count). The molecule has 16 heavy (non-hydrogen) atoms. The van der Waals surface area contributed by atoms with E-state index in [1.165, 1.54) is 0 Å². The van der Waals surface area contributed by atoms with E-state index < -0.39 is 12.2 Å². The van der Waals surface area contributed by atoms with Gasteiger partial charge < -0.3 is 19.7 Å². The van der Waals surface area contributed by atoms with Crippen LogP contribution in [0.5, 0.6) is 0 Å². The van der Waals surface area contributed by atoms with Crippen molar-refractivity contribution >= 4 is 0 Å². The predicted octanol–water partition coefficient (Wildman–Crippen LogP) is 0.702. The Balaban J connectivity index is 1.77. The van der Waals surface area contributed by atoms with Gasteiger partial charge in [0.25, 0.3) is 0 Å². The maximum Gasteiger partial charge on any atom is 0.0813 e. The number of epoxide rings is 2. The summed E-state index contributed by atoms with van der Waals surface area (Å²) in [6.07, 6.45) is 2.81. The van der Waals surface area contributed by atoms with Crippen LogP contribution in [-0.2, 0) is 9.47 Å². The topological polar surface area (TPSA) is 65.5 Å². The minimum Gasteiger partial charge on any atom is -0.393 e. The maximum absolute atomic E-state index is 10.1. The van der Waals surface area contributed by atoms with Crippen LogP contribution in [0, 0.1) is 5.92 Å². The van der Waals surface area contributed by atoms with E-state index in [-0.39, 0.29) is 5.92 Å². The number of aliphatic hydroxyl groups excluding tert-OH is 2. The van der Waals surface area contributed by atoms with Gasteiger partial charge in [-0.2, -0.15) is 0 Å².